The molecule has 1 fully saturated rings. The maximum atomic E-state index is 12.3. The van der Waals surface area contributed by atoms with E-state index in [2.05, 4.69) is 24.0 Å². The Morgan fingerprint density at radius 3 is 2.54 bits per heavy atom. The summed E-state index contributed by atoms with van der Waals surface area (Å²) in [5.74, 6) is -0.108. The summed E-state index contributed by atoms with van der Waals surface area (Å²) in [6.07, 6.45) is 3.02. The fourth-order valence-corrected chi connectivity index (χ4v) is 2.74. The predicted molar refractivity (Wildman–Crippen MR) is 93.6 cm³/mol. The van der Waals surface area contributed by atoms with Gasteiger partial charge in [-0.15, -0.1) is 6.58 Å². The minimum absolute atomic E-state index is 0.0545. The van der Waals surface area contributed by atoms with Gasteiger partial charge in [-0.3, -0.25) is 4.79 Å². The molecular weight excluding hydrogens is 304 g/mol. The first-order valence-corrected chi connectivity index (χ1v) is 8.26. The molecule has 1 aliphatic heterocycles. The van der Waals surface area contributed by atoms with Crippen molar-refractivity contribution in [3.63, 3.8) is 0 Å². The van der Waals surface area contributed by atoms with Crippen molar-refractivity contribution < 1.29 is 14.3 Å². The number of ether oxygens (including phenoxy) is 1. The van der Waals surface area contributed by atoms with Crippen molar-refractivity contribution in [3.05, 3.63) is 48.6 Å². The summed E-state index contributed by atoms with van der Waals surface area (Å²) in [5.41, 5.74) is 0.681. The molecule has 5 heteroatoms. The topological polar surface area (TPSA) is 58.4 Å². The Bertz CT molecular complexity index is 592. The van der Waals surface area contributed by atoms with E-state index in [9.17, 15) is 9.59 Å². The molecule has 1 aliphatic rings. The van der Waals surface area contributed by atoms with E-state index >= 15 is 0 Å². The van der Waals surface area contributed by atoms with E-state index in [0.29, 0.717) is 0 Å². The number of hydrogen-bond acceptors (Lipinski definition) is 3. The minimum atomic E-state index is -0.575. The van der Waals surface area contributed by atoms with E-state index in [1.807, 2.05) is 18.2 Å². The van der Waals surface area contributed by atoms with Crippen molar-refractivity contribution >= 4 is 12.0 Å². The van der Waals surface area contributed by atoms with Gasteiger partial charge < -0.3 is 15.0 Å². The van der Waals surface area contributed by atoms with E-state index in [-0.39, 0.29) is 24.5 Å². The molecule has 1 saturated heterocycles. The minimum Gasteiger partial charge on any atom is -0.444 e. The third-order valence-electron chi connectivity index (χ3n) is 3.87. The van der Waals surface area contributed by atoms with Crippen molar-refractivity contribution in [1.82, 2.24) is 10.2 Å². The van der Waals surface area contributed by atoms with Gasteiger partial charge >= 0.3 is 6.09 Å². The molecule has 0 unspecified atom stereocenters. The van der Waals surface area contributed by atoms with Gasteiger partial charge in [-0.2, -0.15) is 0 Å². The number of amides is 2. The lowest BCUT2D eigenvalue weighted by atomic mass is 10.1. The number of benzene rings is 1. The largest absolute Gasteiger partial charge is 0.444 e. The van der Waals surface area contributed by atoms with Crippen LogP contribution in [0.3, 0.4) is 0 Å². The van der Waals surface area contributed by atoms with Gasteiger partial charge in [0.05, 0.1) is 12.1 Å². The van der Waals surface area contributed by atoms with Crippen LogP contribution < -0.4 is 5.32 Å². The summed E-state index contributed by atoms with van der Waals surface area (Å²) in [6.45, 7) is 9.10. The summed E-state index contributed by atoms with van der Waals surface area (Å²) in [7, 11) is 0. The van der Waals surface area contributed by atoms with Gasteiger partial charge in [0, 0.05) is 0 Å². The van der Waals surface area contributed by atoms with E-state index in [1.54, 1.807) is 31.7 Å². The van der Waals surface area contributed by atoms with Gasteiger partial charge in [0.25, 0.3) is 0 Å². The molecule has 0 aromatic heterocycles. The van der Waals surface area contributed by atoms with Crippen molar-refractivity contribution in [3.8, 4) is 0 Å². The van der Waals surface area contributed by atoms with E-state index in [4.69, 9.17) is 4.74 Å². The molecule has 2 amide bonds. The Labute approximate surface area is 143 Å². The molecule has 2 atom stereocenters. The Balaban J connectivity index is 1.79. The van der Waals surface area contributed by atoms with Crippen LogP contribution in [0, 0.1) is 0 Å². The zero-order chi connectivity index (χ0) is 17.7. The molecule has 5 nitrogen and oxygen atoms in total. The summed E-state index contributed by atoms with van der Waals surface area (Å²) in [4.78, 5) is 25.7. The van der Waals surface area contributed by atoms with Gasteiger partial charge in [-0.25, -0.2) is 4.79 Å². The Hall–Kier alpha value is -2.30. The lowest BCUT2D eigenvalue weighted by Crippen LogP contribution is -2.37. The quantitative estimate of drug-likeness (QED) is 0.644. The van der Waals surface area contributed by atoms with Crippen molar-refractivity contribution in [2.24, 2.45) is 0 Å². The second-order valence-electron chi connectivity index (χ2n) is 6.97. The fraction of sp³-hybridized carbons (Fsp3) is 0.474. The summed E-state index contributed by atoms with van der Waals surface area (Å²) < 4.78 is 5.13. The van der Waals surface area contributed by atoms with E-state index in [1.165, 1.54) is 5.56 Å². The summed E-state index contributed by atoms with van der Waals surface area (Å²) in [6, 6.07) is 10.4. The van der Waals surface area contributed by atoms with Crippen LogP contribution in [0.15, 0.2) is 43.0 Å². The maximum Gasteiger partial charge on any atom is 0.408 e. The van der Waals surface area contributed by atoms with Crippen LogP contribution in [-0.4, -0.2) is 41.1 Å². The zero-order valence-electron chi connectivity index (χ0n) is 14.6. The molecule has 0 radical (unpaired) electrons. The van der Waals surface area contributed by atoms with Crippen molar-refractivity contribution in [2.45, 2.75) is 51.3 Å². The van der Waals surface area contributed by atoms with E-state index < -0.39 is 11.7 Å². The van der Waals surface area contributed by atoms with Gasteiger partial charge in [0.2, 0.25) is 5.91 Å². The molecule has 2 rings (SSSR count). The van der Waals surface area contributed by atoms with Crippen LogP contribution >= 0.6 is 0 Å². The summed E-state index contributed by atoms with van der Waals surface area (Å²) in [5, 5.41) is 2.51. The van der Waals surface area contributed by atoms with Crippen LogP contribution in [0.25, 0.3) is 0 Å². The standard InChI is InChI=1S/C19H26N2O3/c1-5-15-16(12-11-14-9-7-6-8-10-14)21(15)17(22)13-20-18(23)24-19(2,3)4/h5-10,15-16H,1,11-13H2,2-4H3,(H,20,23)/t15-,16-,21?/m1/s1. The molecule has 0 bridgehead atoms. The highest BCUT2D eigenvalue weighted by atomic mass is 16.6. The molecule has 1 aromatic rings. The second-order valence-corrected chi connectivity index (χ2v) is 6.97. The first-order valence-electron chi connectivity index (χ1n) is 8.26. The normalized spacial score (nSPS) is 19.5. The molecule has 24 heavy (non-hydrogen) atoms. The lowest BCUT2D eigenvalue weighted by molar-refractivity contribution is -0.125. The highest BCUT2D eigenvalue weighted by molar-refractivity contribution is 5.85. The number of carbonyl (C=O) groups is 2. The molecule has 1 N–H and O–H groups in total. The van der Waals surface area contributed by atoms with Crippen LogP contribution in [0.1, 0.15) is 32.8 Å². The Morgan fingerprint density at radius 2 is 1.96 bits per heavy atom. The molecule has 0 saturated carbocycles. The van der Waals surface area contributed by atoms with Crippen LogP contribution in [0.2, 0.25) is 0 Å². The van der Waals surface area contributed by atoms with Gasteiger partial charge in [0.15, 0.2) is 0 Å². The van der Waals surface area contributed by atoms with Crippen molar-refractivity contribution in [2.75, 3.05) is 6.54 Å². The smallest absolute Gasteiger partial charge is 0.408 e. The van der Waals surface area contributed by atoms with Crippen molar-refractivity contribution in [1.29, 1.82) is 0 Å². The number of hydrogen-bond donors (Lipinski definition) is 1. The zero-order valence-corrected chi connectivity index (χ0v) is 14.6. The SMILES string of the molecule is C=C[C@@H]1[C@@H](CCc2ccccc2)N1C(=O)CNC(=O)OC(C)(C)C. The molecule has 0 aliphatic carbocycles. The number of nitrogens with one attached hydrogen (secondary N) is 1. The fourth-order valence-electron chi connectivity index (χ4n) is 2.74. The first kappa shape index (κ1) is 18.0. The second kappa shape index (κ2) is 7.51. The van der Waals surface area contributed by atoms with Gasteiger partial charge in [0.1, 0.15) is 12.1 Å². The lowest BCUT2D eigenvalue weighted by Gasteiger charge is -2.19. The number of aryl methyl sites for hydroxylation is 1. The molecule has 130 valence electrons. The third kappa shape index (κ3) is 5.11. The molecule has 0 spiro atoms. The highest BCUT2D eigenvalue weighted by Gasteiger charge is 2.47. The van der Waals surface area contributed by atoms with Crippen LogP contribution in [0.4, 0.5) is 4.79 Å². The third-order valence-corrected chi connectivity index (χ3v) is 3.87. The summed E-state index contributed by atoms with van der Waals surface area (Å²) >= 11 is 0. The highest BCUT2D eigenvalue weighted by Crippen LogP contribution is 2.33. The van der Waals surface area contributed by atoms with Crippen LogP contribution in [0.5, 0.6) is 0 Å². The van der Waals surface area contributed by atoms with E-state index in [0.717, 1.165) is 12.8 Å². The predicted octanol–water partition coefficient (Wildman–Crippen LogP) is 2.91. The first-order chi connectivity index (χ1) is 11.3. The number of carbonyl (C=O) groups excluding carboxylic acids is 2. The Morgan fingerprint density at radius 1 is 1.29 bits per heavy atom. The van der Waals surface area contributed by atoms with Gasteiger partial charge in [-0.1, -0.05) is 36.4 Å². The van der Waals surface area contributed by atoms with Crippen LogP contribution in [-0.2, 0) is 16.0 Å². The molecule has 1 heterocycles. The average Bonchev–Trinajstić information content (AvgIpc) is 3.23. The van der Waals surface area contributed by atoms with Gasteiger partial charge in [-0.05, 0) is 39.2 Å². The molecular formula is C19H26N2O3. The maximum absolute atomic E-state index is 12.3. The Kier molecular flexibility index (Phi) is 5.65. The average molecular weight is 330 g/mol. The number of nitrogens with zero attached hydrogens (tertiary/aromatic N) is 1. The number of alkyl carbamates (subject to hydrolysis) is 1. The molecule has 1 aromatic carbocycles. The number of rotatable bonds is 6. The monoisotopic (exact) mass is 330 g/mol.